The van der Waals surface area contributed by atoms with Crippen molar-refractivity contribution < 1.29 is 14.7 Å². The molecule has 0 amide bonds. The molecule has 1 fully saturated rings. The molecule has 170 valence electrons. The van der Waals surface area contributed by atoms with E-state index in [2.05, 4.69) is 29.6 Å². The van der Waals surface area contributed by atoms with Crippen molar-refractivity contribution in [3.05, 3.63) is 69.2 Å². The molecule has 4 nitrogen and oxygen atoms in total. The van der Waals surface area contributed by atoms with Crippen molar-refractivity contribution >= 4 is 35.1 Å². The van der Waals surface area contributed by atoms with Gasteiger partial charge in [-0.15, -0.1) is 0 Å². The second kappa shape index (κ2) is 11.3. The molecular weight excluding hydrogens is 422 g/mol. The number of halogens is 1. The molecule has 0 saturated heterocycles. The van der Waals surface area contributed by atoms with Gasteiger partial charge in [-0.3, -0.25) is 9.59 Å². The number of Topliss-reactive ketones (excluding diaryl/α,β-unsaturated/α-hetero) is 1. The molecule has 0 spiro atoms. The van der Waals surface area contributed by atoms with Gasteiger partial charge in [0.1, 0.15) is 0 Å². The number of carbonyl (C=O) groups excluding carboxylic acids is 1. The van der Waals surface area contributed by atoms with Crippen molar-refractivity contribution in [1.29, 1.82) is 0 Å². The van der Waals surface area contributed by atoms with Crippen LogP contribution in [-0.2, 0) is 11.2 Å². The fourth-order valence-electron chi connectivity index (χ4n) is 4.61. The minimum absolute atomic E-state index is 0.0163. The molecule has 1 aliphatic rings. The van der Waals surface area contributed by atoms with Crippen LogP contribution in [0.15, 0.2) is 36.4 Å². The third-order valence-corrected chi connectivity index (χ3v) is 6.49. The maximum absolute atomic E-state index is 12.9. The van der Waals surface area contributed by atoms with Crippen molar-refractivity contribution in [3.63, 3.8) is 0 Å². The molecule has 0 aliphatic heterocycles. The third-order valence-electron chi connectivity index (χ3n) is 6.16. The van der Waals surface area contributed by atoms with Gasteiger partial charge < -0.3 is 10.4 Å². The Morgan fingerprint density at radius 2 is 1.78 bits per heavy atom. The average Bonchev–Trinajstić information content (AvgIpc) is 2.74. The normalized spacial score (nSPS) is 14.6. The van der Waals surface area contributed by atoms with Gasteiger partial charge in [-0.05, 0) is 60.6 Å². The summed E-state index contributed by atoms with van der Waals surface area (Å²) in [6, 6.07) is 9.15. The summed E-state index contributed by atoms with van der Waals surface area (Å²) < 4.78 is 0. The number of carbonyl (C=O) groups is 2. The van der Waals surface area contributed by atoms with Crippen LogP contribution in [0.3, 0.4) is 0 Å². The molecule has 0 unspecified atom stereocenters. The van der Waals surface area contributed by atoms with Gasteiger partial charge in [0.05, 0.1) is 23.7 Å². The van der Waals surface area contributed by atoms with E-state index in [-0.39, 0.29) is 18.7 Å². The zero-order valence-electron chi connectivity index (χ0n) is 18.9. The molecule has 0 aromatic heterocycles. The Morgan fingerprint density at radius 1 is 1.09 bits per heavy atom. The van der Waals surface area contributed by atoms with E-state index in [0.29, 0.717) is 16.3 Å². The zero-order valence-corrected chi connectivity index (χ0v) is 19.7. The highest BCUT2D eigenvalue weighted by molar-refractivity contribution is 6.33. The standard InChI is InChI=1S/C27H32ClNO3/c1-18-13-21(10-6-9-20-7-4-3-5-8-20)14-19(2)27(18)25(30)17-29-24-15-22(16-26(31)32)11-12-23(24)28/h6,10-15,20,29H,3-5,7-9,16-17H2,1-2H3,(H,31,32)/b10-6+. The van der Waals surface area contributed by atoms with Crippen LogP contribution in [0, 0.1) is 19.8 Å². The summed E-state index contributed by atoms with van der Waals surface area (Å²) in [5.41, 5.74) is 4.97. The highest BCUT2D eigenvalue weighted by Gasteiger charge is 2.15. The maximum Gasteiger partial charge on any atom is 0.307 e. The number of ketones is 1. The number of allylic oxidation sites excluding steroid dienone is 1. The first-order valence-electron chi connectivity index (χ1n) is 11.4. The molecule has 1 aliphatic carbocycles. The van der Waals surface area contributed by atoms with Gasteiger partial charge in [0, 0.05) is 5.56 Å². The SMILES string of the molecule is Cc1cc(/C=C/CC2CCCCC2)cc(C)c1C(=O)CNc1cc(CC(=O)O)ccc1Cl. The van der Waals surface area contributed by atoms with E-state index in [1.165, 1.54) is 32.1 Å². The molecule has 1 saturated carbocycles. The number of aliphatic carboxylic acids is 1. The van der Waals surface area contributed by atoms with E-state index in [1.54, 1.807) is 18.2 Å². The lowest BCUT2D eigenvalue weighted by molar-refractivity contribution is -0.136. The molecule has 0 bridgehead atoms. The molecule has 5 heteroatoms. The number of rotatable bonds is 9. The molecule has 0 heterocycles. The van der Waals surface area contributed by atoms with E-state index >= 15 is 0 Å². The summed E-state index contributed by atoms with van der Waals surface area (Å²) in [5, 5.41) is 12.5. The Bertz CT molecular complexity index is 983. The van der Waals surface area contributed by atoms with Gasteiger partial charge >= 0.3 is 5.97 Å². The number of hydrogen-bond donors (Lipinski definition) is 2. The van der Waals surface area contributed by atoms with Gasteiger partial charge in [0.2, 0.25) is 0 Å². The Balaban J connectivity index is 1.64. The highest BCUT2D eigenvalue weighted by atomic mass is 35.5. The number of carboxylic acids is 1. The Labute approximate surface area is 195 Å². The first-order valence-corrected chi connectivity index (χ1v) is 11.8. The Kier molecular flexibility index (Phi) is 8.52. The summed E-state index contributed by atoms with van der Waals surface area (Å²) in [6.07, 6.45) is 12.3. The minimum Gasteiger partial charge on any atom is -0.481 e. The second-order valence-corrected chi connectivity index (χ2v) is 9.24. The van der Waals surface area contributed by atoms with Crippen LogP contribution in [-0.4, -0.2) is 23.4 Å². The minimum atomic E-state index is -0.909. The monoisotopic (exact) mass is 453 g/mol. The molecule has 0 atom stereocenters. The van der Waals surface area contributed by atoms with E-state index < -0.39 is 5.97 Å². The fourth-order valence-corrected chi connectivity index (χ4v) is 4.79. The lowest BCUT2D eigenvalue weighted by Crippen LogP contribution is -2.17. The smallest absolute Gasteiger partial charge is 0.307 e. The first kappa shape index (κ1) is 24.1. The first-order chi connectivity index (χ1) is 15.3. The summed E-state index contributed by atoms with van der Waals surface area (Å²) in [5.74, 6) is -0.110. The summed E-state index contributed by atoms with van der Waals surface area (Å²) in [4.78, 5) is 23.9. The van der Waals surface area contributed by atoms with E-state index in [4.69, 9.17) is 16.7 Å². The molecule has 0 radical (unpaired) electrons. The maximum atomic E-state index is 12.9. The van der Waals surface area contributed by atoms with E-state index in [0.717, 1.165) is 34.6 Å². The predicted molar refractivity (Wildman–Crippen MR) is 132 cm³/mol. The number of carboxylic acid groups (broad SMARTS) is 1. The van der Waals surface area contributed by atoms with Gasteiger partial charge in [-0.2, -0.15) is 0 Å². The molecule has 2 aromatic rings. The van der Waals surface area contributed by atoms with Crippen LogP contribution in [0.5, 0.6) is 0 Å². The van der Waals surface area contributed by atoms with Crippen LogP contribution in [0.25, 0.3) is 6.08 Å². The predicted octanol–water partition coefficient (Wildman–Crippen LogP) is 6.86. The van der Waals surface area contributed by atoms with Crippen molar-refractivity contribution in [2.45, 2.75) is 58.8 Å². The largest absolute Gasteiger partial charge is 0.481 e. The topological polar surface area (TPSA) is 66.4 Å². The summed E-state index contributed by atoms with van der Waals surface area (Å²) in [7, 11) is 0. The molecular formula is C27H32ClNO3. The number of benzene rings is 2. The number of nitrogens with one attached hydrogen (secondary N) is 1. The number of anilines is 1. The van der Waals surface area contributed by atoms with Gasteiger partial charge in [0.15, 0.2) is 5.78 Å². The fraction of sp³-hybridized carbons (Fsp3) is 0.407. The highest BCUT2D eigenvalue weighted by Crippen LogP contribution is 2.27. The van der Waals surface area contributed by atoms with Gasteiger partial charge in [0.25, 0.3) is 0 Å². The third kappa shape index (κ3) is 6.70. The quantitative estimate of drug-likeness (QED) is 0.407. The van der Waals surface area contributed by atoms with Crippen LogP contribution >= 0.6 is 11.6 Å². The number of aryl methyl sites for hydroxylation is 2. The lowest BCUT2D eigenvalue weighted by atomic mass is 9.87. The van der Waals surface area contributed by atoms with Crippen molar-refractivity contribution in [1.82, 2.24) is 0 Å². The van der Waals surface area contributed by atoms with Crippen LogP contribution in [0.4, 0.5) is 5.69 Å². The zero-order chi connectivity index (χ0) is 23.1. The Morgan fingerprint density at radius 3 is 2.44 bits per heavy atom. The van der Waals surface area contributed by atoms with Crippen molar-refractivity contribution in [2.75, 3.05) is 11.9 Å². The molecule has 32 heavy (non-hydrogen) atoms. The van der Waals surface area contributed by atoms with Gasteiger partial charge in [-0.25, -0.2) is 0 Å². The lowest BCUT2D eigenvalue weighted by Gasteiger charge is -2.19. The van der Waals surface area contributed by atoms with Crippen LogP contribution < -0.4 is 5.32 Å². The Hall–Kier alpha value is -2.59. The second-order valence-electron chi connectivity index (χ2n) is 8.83. The van der Waals surface area contributed by atoms with Crippen LogP contribution in [0.2, 0.25) is 5.02 Å². The van der Waals surface area contributed by atoms with E-state index in [9.17, 15) is 9.59 Å². The average molecular weight is 454 g/mol. The molecule has 2 aromatic carbocycles. The molecule has 3 rings (SSSR count). The summed E-state index contributed by atoms with van der Waals surface area (Å²) >= 11 is 6.22. The van der Waals surface area contributed by atoms with Crippen molar-refractivity contribution in [3.8, 4) is 0 Å². The van der Waals surface area contributed by atoms with Crippen molar-refractivity contribution in [2.24, 2.45) is 5.92 Å². The van der Waals surface area contributed by atoms with Gasteiger partial charge in [-0.1, -0.05) is 74.1 Å². The van der Waals surface area contributed by atoms with E-state index in [1.807, 2.05) is 13.8 Å². The summed E-state index contributed by atoms with van der Waals surface area (Å²) in [6.45, 7) is 4.03. The van der Waals surface area contributed by atoms with Crippen LogP contribution in [0.1, 0.15) is 71.1 Å². The molecule has 2 N–H and O–H groups in total. The number of hydrogen-bond acceptors (Lipinski definition) is 3.